The molecule has 0 aliphatic carbocycles. The highest BCUT2D eigenvalue weighted by Gasteiger charge is 2.04. The third kappa shape index (κ3) is 2.34. The van der Waals surface area contributed by atoms with Crippen LogP contribution in [0.15, 0.2) is 30.3 Å². The number of hydrogen-bond acceptors (Lipinski definition) is 4. The van der Waals surface area contributed by atoms with E-state index in [0.29, 0.717) is 11.8 Å². The first-order valence-electron chi connectivity index (χ1n) is 5.31. The van der Waals surface area contributed by atoms with E-state index >= 15 is 0 Å². The zero-order valence-corrected chi connectivity index (χ0v) is 9.44. The average molecular weight is 214 g/mol. The van der Waals surface area contributed by atoms with Crippen LogP contribution in [-0.2, 0) is 0 Å². The Morgan fingerprint density at radius 1 is 1.06 bits per heavy atom. The zero-order valence-electron chi connectivity index (χ0n) is 9.44. The van der Waals surface area contributed by atoms with Gasteiger partial charge in [-0.05, 0) is 13.8 Å². The molecule has 1 aromatic carbocycles. The fraction of sp³-hybridized carbons (Fsp3) is 0.250. The molecule has 0 fully saturated rings. The van der Waals surface area contributed by atoms with Gasteiger partial charge >= 0.3 is 0 Å². The Morgan fingerprint density at radius 3 is 2.50 bits per heavy atom. The minimum atomic E-state index is 0.633. The quantitative estimate of drug-likeness (QED) is 0.851. The Morgan fingerprint density at radius 2 is 1.81 bits per heavy atom. The molecule has 82 valence electrons. The molecule has 0 unspecified atom stereocenters. The van der Waals surface area contributed by atoms with Crippen LogP contribution in [0.3, 0.4) is 0 Å². The van der Waals surface area contributed by atoms with Gasteiger partial charge in [0.1, 0.15) is 5.82 Å². The summed E-state index contributed by atoms with van der Waals surface area (Å²) in [5.41, 5.74) is 1.01. The summed E-state index contributed by atoms with van der Waals surface area (Å²) in [5.74, 6) is 2.07. The lowest BCUT2D eigenvalue weighted by molar-refractivity contribution is 0.969. The van der Waals surface area contributed by atoms with Crippen LogP contribution in [0, 0.1) is 6.92 Å². The van der Waals surface area contributed by atoms with E-state index in [4.69, 9.17) is 0 Å². The SMILES string of the molecule is CCNc1nc(C)nc(-c2ccccc2)n1. The van der Waals surface area contributed by atoms with Crippen LogP contribution < -0.4 is 5.32 Å². The van der Waals surface area contributed by atoms with Crippen LogP contribution in [0.5, 0.6) is 0 Å². The standard InChI is InChI=1S/C12H14N4/c1-3-13-12-15-9(2)14-11(16-12)10-7-5-4-6-8-10/h4-8H,3H2,1-2H3,(H,13,14,15,16). The highest BCUT2D eigenvalue weighted by Crippen LogP contribution is 2.15. The van der Waals surface area contributed by atoms with Crippen molar-refractivity contribution in [1.29, 1.82) is 0 Å². The van der Waals surface area contributed by atoms with Gasteiger partial charge in [-0.2, -0.15) is 9.97 Å². The van der Waals surface area contributed by atoms with Gasteiger partial charge in [0.25, 0.3) is 0 Å². The number of nitrogens with zero attached hydrogens (tertiary/aromatic N) is 3. The molecule has 0 spiro atoms. The molecule has 1 aromatic heterocycles. The molecule has 0 radical (unpaired) electrons. The van der Waals surface area contributed by atoms with Crippen molar-refractivity contribution in [2.24, 2.45) is 0 Å². The summed E-state index contributed by atoms with van der Waals surface area (Å²) in [4.78, 5) is 12.9. The number of hydrogen-bond donors (Lipinski definition) is 1. The Bertz CT molecular complexity index is 468. The zero-order chi connectivity index (χ0) is 11.4. The smallest absolute Gasteiger partial charge is 0.226 e. The molecule has 2 rings (SSSR count). The predicted octanol–water partition coefficient (Wildman–Crippen LogP) is 2.28. The van der Waals surface area contributed by atoms with Crippen LogP contribution >= 0.6 is 0 Å². The van der Waals surface area contributed by atoms with Crippen LogP contribution in [0.2, 0.25) is 0 Å². The van der Waals surface area contributed by atoms with E-state index in [-0.39, 0.29) is 0 Å². The fourth-order valence-electron chi connectivity index (χ4n) is 1.44. The van der Waals surface area contributed by atoms with Gasteiger partial charge in [-0.15, -0.1) is 0 Å². The van der Waals surface area contributed by atoms with E-state index in [1.165, 1.54) is 0 Å². The van der Waals surface area contributed by atoms with Gasteiger partial charge in [-0.1, -0.05) is 30.3 Å². The largest absolute Gasteiger partial charge is 0.354 e. The van der Waals surface area contributed by atoms with E-state index in [1.807, 2.05) is 44.2 Å². The summed E-state index contributed by atoms with van der Waals surface area (Å²) >= 11 is 0. The van der Waals surface area contributed by atoms with Crippen LogP contribution in [0.4, 0.5) is 5.95 Å². The minimum absolute atomic E-state index is 0.633. The Labute approximate surface area is 94.8 Å². The molecule has 2 aromatic rings. The van der Waals surface area contributed by atoms with Gasteiger partial charge in [-0.3, -0.25) is 0 Å². The molecule has 0 aliphatic rings. The lowest BCUT2D eigenvalue weighted by Crippen LogP contribution is -2.05. The highest BCUT2D eigenvalue weighted by molar-refractivity contribution is 5.55. The van der Waals surface area contributed by atoms with E-state index in [0.717, 1.165) is 17.9 Å². The molecule has 1 heterocycles. The second kappa shape index (κ2) is 4.70. The van der Waals surface area contributed by atoms with Gasteiger partial charge in [0.15, 0.2) is 5.82 Å². The number of aryl methyl sites for hydroxylation is 1. The van der Waals surface area contributed by atoms with Crippen molar-refractivity contribution >= 4 is 5.95 Å². The minimum Gasteiger partial charge on any atom is -0.354 e. The maximum Gasteiger partial charge on any atom is 0.226 e. The maximum atomic E-state index is 4.36. The molecule has 4 heteroatoms. The average Bonchev–Trinajstić information content (AvgIpc) is 2.30. The van der Waals surface area contributed by atoms with E-state index < -0.39 is 0 Å². The summed E-state index contributed by atoms with van der Waals surface area (Å²) in [6, 6.07) is 9.90. The summed E-state index contributed by atoms with van der Waals surface area (Å²) in [7, 11) is 0. The number of rotatable bonds is 3. The number of benzene rings is 1. The highest BCUT2D eigenvalue weighted by atomic mass is 15.1. The first kappa shape index (κ1) is 10.5. The molecule has 0 aliphatic heterocycles. The Hall–Kier alpha value is -1.97. The van der Waals surface area contributed by atoms with Crippen LogP contribution in [0.25, 0.3) is 11.4 Å². The molecule has 16 heavy (non-hydrogen) atoms. The van der Waals surface area contributed by atoms with E-state index in [1.54, 1.807) is 0 Å². The van der Waals surface area contributed by atoms with Crippen LogP contribution in [-0.4, -0.2) is 21.5 Å². The van der Waals surface area contributed by atoms with Crippen molar-refractivity contribution < 1.29 is 0 Å². The summed E-state index contributed by atoms with van der Waals surface area (Å²) in [6.45, 7) is 4.69. The van der Waals surface area contributed by atoms with Crippen LogP contribution in [0.1, 0.15) is 12.7 Å². The van der Waals surface area contributed by atoms with Crippen molar-refractivity contribution in [1.82, 2.24) is 15.0 Å². The Balaban J connectivity index is 2.41. The molecule has 1 N–H and O–H groups in total. The monoisotopic (exact) mass is 214 g/mol. The van der Waals surface area contributed by atoms with Crippen molar-refractivity contribution in [3.63, 3.8) is 0 Å². The second-order valence-electron chi connectivity index (χ2n) is 3.43. The first-order valence-corrected chi connectivity index (χ1v) is 5.31. The third-order valence-electron chi connectivity index (χ3n) is 2.11. The molecular formula is C12H14N4. The third-order valence-corrected chi connectivity index (χ3v) is 2.11. The summed E-state index contributed by atoms with van der Waals surface area (Å²) in [6.07, 6.45) is 0. The van der Waals surface area contributed by atoms with Crippen molar-refractivity contribution in [2.75, 3.05) is 11.9 Å². The van der Waals surface area contributed by atoms with Crippen molar-refractivity contribution in [3.8, 4) is 11.4 Å². The molecule has 4 nitrogen and oxygen atoms in total. The number of nitrogens with one attached hydrogen (secondary N) is 1. The normalized spacial score (nSPS) is 10.1. The van der Waals surface area contributed by atoms with Gasteiger partial charge in [-0.25, -0.2) is 4.98 Å². The lowest BCUT2D eigenvalue weighted by atomic mass is 10.2. The Kier molecular flexibility index (Phi) is 3.10. The molecule has 0 atom stereocenters. The summed E-state index contributed by atoms with van der Waals surface area (Å²) in [5, 5.41) is 3.10. The second-order valence-corrected chi connectivity index (χ2v) is 3.43. The van der Waals surface area contributed by atoms with Crippen molar-refractivity contribution in [3.05, 3.63) is 36.2 Å². The molecule has 0 saturated heterocycles. The van der Waals surface area contributed by atoms with Gasteiger partial charge in [0.2, 0.25) is 5.95 Å². The lowest BCUT2D eigenvalue weighted by Gasteiger charge is -2.05. The molecule has 0 amide bonds. The molecule has 0 bridgehead atoms. The van der Waals surface area contributed by atoms with Crippen molar-refractivity contribution in [2.45, 2.75) is 13.8 Å². The predicted molar refractivity (Wildman–Crippen MR) is 64.2 cm³/mol. The summed E-state index contributed by atoms with van der Waals surface area (Å²) < 4.78 is 0. The van der Waals surface area contributed by atoms with Gasteiger partial charge in [0, 0.05) is 12.1 Å². The number of anilines is 1. The van der Waals surface area contributed by atoms with E-state index in [9.17, 15) is 0 Å². The maximum absolute atomic E-state index is 4.36. The molecule has 0 saturated carbocycles. The number of aromatic nitrogens is 3. The fourth-order valence-corrected chi connectivity index (χ4v) is 1.44. The first-order chi connectivity index (χ1) is 7.79. The van der Waals surface area contributed by atoms with Gasteiger partial charge < -0.3 is 5.32 Å². The van der Waals surface area contributed by atoms with Gasteiger partial charge in [0.05, 0.1) is 0 Å². The topological polar surface area (TPSA) is 50.7 Å². The van der Waals surface area contributed by atoms with E-state index in [2.05, 4.69) is 20.3 Å². The molecular weight excluding hydrogens is 200 g/mol.